The van der Waals surface area contributed by atoms with Gasteiger partial charge in [-0.15, -0.1) is 0 Å². The Morgan fingerprint density at radius 1 is 0.658 bits per heavy atom. The van der Waals surface area contributed by atoms with Gasteiger partial charge < -0.3 is 0 Å². The molecule has 4 aliphatic carbocycles. The van der Waals surface area contributed by atoms with Crippen LogP contribution in [0.3, 0.4) is 0 Å². The maximum atomic E-state index is 2.69. The molecule has 0 aliphatic heterocycles. The highest BCUT2D eigenvalue weighted by molar-refractivity contribution is 6.04. The zero-order chi connectivity index (χ0) is 26.6. The van der Waals surface area contributed by atoms with Gasteiger partial charge in [-0.3, -0.25) is 0 Å². The molecule has 4 unspecified atom stereocenters. The molecule has 7 rings (SSSR count). The van der Waals surface area contributed by atoms with Crippen LogP contribution in [0.1, 0.15) is 114 Å². The van der Waals surface area contributed by atoms with E-state index in [4.69, 9.17) is 0 Å². The van der Waals surface area contributed by atoms with Crippen LogP contribution in [0.25, 0.3) is 21.9 Å². The maximum Gasteiger partial charge on any atom is 0.0223 e. The van der Waals surface area contributed by atoms with E-state index < -0.39 is 0 Å². The molecule has 3 fully saturated rings. The Balaban J connectivity index is 1.47. The summed E-state index contributed by atoms with van der Waals surface area (Å²) in [4.78, 5) is 0. The molecule has 0 heteroatoms. The van der Waals surface area contributed by atoms with Gasteiger partial charge in [-0.25, -0.2) is 0 Å². The molecule has 3 saturated carbocycles. The van der Waals surface area contributed by atoms with E-state index in [1.807, 2.05) is 0 Å². The zero-order valence-electron chi connectivity index (χ0n) is 25.0. The number of hydrogen-bond acceptors (Lipinski definition) is 0. The molecule has 0 amide bonds. The summed E-state index contributed by atoms with van der Waals surface area (Å²) in [5.74, 6) is 3.36. The van der Waals surface area contributed by atoms with Crippen LogP contribution in [0.15, 0.2) is 42.5 Å². The van der Waals surface area contributed by atoms with E-state index in [9.17, 15) is 0 Å². The number of hydrogen-bond donors (Lipinski definition) is 0. The number of aryl methyl sites for hydroxylation is 2. The Morgan fingerprint density at radius 2 is 1.37 bits per heavy atom. The fourth-order valence-corrected chi connectivity index (χ4v) is 11.3. The quantitative estimate of drug-likeness (QED) is 0.309. The SMILES string of the molecule is Cc1cc2c3c(cc(C)c2cc1C12CC(C)CC(CC(C)C1)C2)C1(CC(C)CC(C)(C)C1)c1ccccc1-3. The van der Waals surface area contributed by atoms with Crippen molar-refractivity contribution >= 4 is 10.8 Å². The van der Waals surface area contributed by atoms with E-state index in [0.29, 0.717) is 10.8 Å². The van der Waals surface area contributed by atoms with Crippen LogP contribution in [-0.4, -0.2) is 0 Å². The van der Waals surface area contributed by atoms with Gasteiger partial charge in [-0.2, -0.15) is 0 Å². The number of fused-ring (bicyclic) bond motifs is 9. The summed E-state index contributed by atoms with van der Waals surface area (Å²) >= 11 is 0. The minimum absolute atomic E-state index is 0.155. The fourth-order valence-electron chi connectivity index (χ4n) is 11.3. The molecule has 200 valence electrons. The summed E-state index contributed by atoms with van der Waals surface area (Å²) in [6.45, 7) is 17.4. The number of benzene rings is 3. The zero-order valence-corrected chi connectivity index (χ0v) is 25.0. The first-order chi connectivity index (χ1) is 18.0. The topological polar surface area (TPSA) is 0 Å². The molecule has 0 saturated heterocycles. The molecule has 4 aliphatic rings. The van der Waals surface area contributed by atoms with Gasteiger partial charge in [0.25, 0.3) is 0 Å². The largest absolute Gasteiger partial charge is 0.0625 e. The molecule has 0 radical (unpaired) electrons. The number of rotatable bonds is 1. The fraction of sp³-hybridized carbons (Fsp3) is 0.579. The highest BCUT2D eigenvalue weighted by Gasteiger charge is 2.51. The Bertz CT molecular complexity index is 1420. The second-order valence-corrected chi connectivity index (χ2v) is 15.8. The molecule has 4 atom stereocenters. The lowest BCUT2D eigenvalue weighted by atomic mass is 9.54. The monoisotopic (exact) mass is 504 g/mol. The van der Waals surface area contributed by atoms with E-state index in [0.717, 1.165) is 23.7 Å². The van der Waals surface area contributed by atoms with Crippen molar-refractivity contribution in [1.82, 2.24) is 0 Å². The van der Waals surface area contributed by atoms with Crippen molar-refractivity contribution in [3.8, 4) is 11.1 Å². The predicted octanol–water partition coefficient (Wildman–Crippen LogP) is 10.7. The van der Waals surface area contributed by atoms with Gasteiger partial charge in [-0.1, -0.05) is 77.1 Å². The standard InChI is InChI=1S/C38H48/c1-23-12-28-13-24(2)19-37(18-23,21-28)33-16-30-26(4)15-34-35(31(30)14-27(33)5)29-10-8-9-11-32(29)38(34)20-25(3)17-36(6,7)22-38/h8-11,14-16,23-25,28H,12-13,17-22H2,1-7H3. The lowest BCUT2D eigenvalue weighted by Crippen LogP contribution is -2.42. The highest BCUT2D eigenvalue weighted by Crippen LogP contribution is 2.62. The third kappa shape index (κ3) is 3.54. The van der Waals surface area contributed by atoms with Crippen LogP contribution in [0.5, 0.6) is 0 Å². The van der Waals surface area contributed by atoms with Crippen molar-refractivity contribution < 1.29 is 0 Å². The van der Waals surface area contributed by atoms with Crippen LogP contribution >= 0.6 is 0 Å². The Morgan fingerprint density at radius 3 is 2.08 bits per heavy atom. The van der Waals surface area contributed by atoms with E-state index in [-0.39, 0.29) is 5.41 Å². The van der Waals surface area contributed by atoms with Gasteiger partial charge in [0.2, 0.25) is 0 Å². The summed E-state index contributed by atoms with van der Waals surface area (Å²) in [6.07, 6.45) is 10.9. The van der Waals surface area contributed by atoms with Crippen LogP contribution in [0, 0.1) is 42.9 Å². The van der Waals surface area contributed by atoms with Crippen LogP contribution in [0.2, 0.25) is 0 Å². The normalized spacial score (nSPS) is 35.3. The van der Waals surface area contributed by atoms with Crippen molar-refractivity contribution in [3.63, 3.8) is 0 Å². The first-order valence-corrected chi connectivity index (χ1v) is 15.7. The van der Waals surface area contributed by atoms with Gasteiger partial charge in [0.05, 0.1) is 0 Å². The predicted molar refractivity (Wildman–Crippen MR) is 163 cm³/mol. The second-order valence-electron chi connectivity index (χ2n) is 15.8. The highest BCUT2D eigenvalue weighted by atomic mass is 14.5. The molecule has 0 nitrogen and oxygen atoms in total. The average Bonchev–Trinajstić information content (AvgIpc) is 3.05. The van der Waals surface area contributed by atoms with Crippen molar-refractivity contribution in [2.75, 3.05) is 0 Å². The van der Waals surface area contributed by atoms with Crippen molar-refractivity contribution in [2.24, 2.45) is 29.1 Å². The third-order valence-corrected chi connectivity index (χ3v) is 11.5. The summed E-state index contributed by atoms with van der Waals surface area (Å²) in [6, 6.07) is 17.4. The summed E-state index contributed by atoms with van der Waals surface area (Å²) in [5.41, 5.74) is 11.9. The Hall–Kier alpha value is -2.08. The maximum absolute atomic E-state index is 2.69. The minimum Gasteiger partial charge on any atom is -0.0625 e. The molecule has 3 aromatic carbocycles. The molecule has 0 N–H and O–H groups in total. The summed E-state index contributed by atoms with van der Waals surface area (Å²) in [7, 11) is 0. The third-order valence-electron chi connectivity index (χ3n) is 11.5. The summed E-state index contributed by atoms with van der Waals surface area (Å²) < 4.78 is 0. The van der Waals surface area contributed by atoms with Crippen LogP contribution in [-0.2, 0) is 10.8 Å². The first kappa shape index (κ1) is 24.9. The molecular weight excluding hydrogens is 456 g/mol. The van der Waals surface area contributed by atoms with Gasteiger partial charge in [0.1, 0.15) is 0 Å². The molecule has 38 heavy (non-hydrogen) atoms. The van der Waals surface area contributed by atoms with Gasteiger partial charge in [0, 0.05) is 5.41 Å². The van der Waals surface area contributed by atoms with E-state index in [1.165, 1.54) is 73.3 Å². The molecular formula is C38H48. The lowest BCUT2D eigenvalue weighted by molar-refractivity contribution is 0.0777. The Labute approximate surface area is 231 Å². The Kier molecular flexibility index (Phi) is 5.39. The molecule has 2 bridgehead atoms. The molecule has 1 spiro atoms. The molecule has 3 aromatic rings. The van der Waals surface area contributed by atoms with E-state index in [2.05, 4.69) is 90.9 Å². The van der Waals surface area contributed by atoms with Gasteiger partial charge >= 0.3 is 0 Å². The average molecular weight is 505 g/mol. The van der Waals surface area contributed by atoms with Crippen LogP contribution in [0.4, 0.5) is 0 Å². The van der Waals surface area contributed by atoms with E-state index in [1.54, 1.807) is 27.8 Å². The van der Waals surface area contributed by atoms with Gasteiger partial charge in [0.15, 0.2) is 0 Å². The lowest BCUT2D eigenvalue weighted by Gasteiger charge is -2.51. The van der Waals surface area contributed by atoms with Crippen molar-refractivity contribution in [2.45, 2.75) is 111 Å². The summed E-state index contributed by atoms with van der Waals surface area (Å²) in [5, 5.41) is 3.03. The molecule has 0 aromatic heterocycles. The van der Waals surface area contributed by atoms with Crippen LogP contribution < -0.4 is 0 Å². The molecule has 0 heterocycles. The second kappa shape index (κ2) is 8.22. The van der Waals surface area contributed by atoms with Gasteiger partial charge in [-0.05, 0) is 149 Å². The smallest absolute Gasteiger partial charge is 0.0223 e. The van der Waals surface area contributed by atoms with E-state index >= 15 is 0 Å². The first-order valence-electron chi connectivity index (χ1n) is 15.7. The van der Waals surface area contributed by atoms with Crippen molar-refractivity contribution in [3.05, 3.63) is 70.3 Å². The minimum atomic E-state index is 0.155. The van der Waals surface area contributed by atoms with Crippen molar-refractivity contribution in [1.29, 1.82) is 0 Å².